The van der Waals surface area contributed by atoms with Crippen LogP contribution in [0, 0.1) is 0 Å². The van der Waals surface area contributed by atoms with Crippen LogP contribution in [0.2, 0.25) is 0 Å². The van der Waals surface area contributed by atoms with Crippen molar-refractivity contribution < 1.29 is 39.5 Å². The molecule has 0 unspecified atom stereocenters. The maximum atomic E-state index is 12.7. The molecule has 1 heterocycles. The third kappa shape index (κ3) is 4.51. The first-order valence-corrected chi connectivity index (χ1v) is 7.47. The number of ether oxygens (including phenoxy) is 1. The van der Waals surface area contributed by atoms with E-state index in [4.69, 9.17) is 22.3 Å². The fourth-order valence-corrected chi connectivity index (χ4v) is 2.65. The largest absolute Gasteiger partial charge is 0.573 e. The van der Waals surface area contributed by atoms with Crippen LogP contribution in [0.5, 0.6) is 5.75 Å². The van der Waals surface area contributed by atoms with Gasteiger partial charge in [-0.2, -0.15) is 13.2 Å². The second-order valence-electron chi connectivity index (χ2n) is 3.40. The molecule has 0 saturated carbocycles. The zero-order valence-corrected chi connectivity index (χ0v) is 11.7. The minimum Gasteiger partial charge on any atom is -0.405 e. The number of aromatic nitrogens is 1. The van der Waals surface area contributed by atoms with Crippen LogP contribution in [0.1, 0.15) is 11.1 Å². The third-order valence-corrected chi connectivity index (χ3v) is 3.49. The maximum absolute atomic E-state index is 12.7. The van der Waals surface area contributed by atoms with Gasteiger partial charge in [0, 0.05) is 22.4 Å². The number of nitrogens with zero attached hydrogens (tertiary/aromatic N) is 1. The van der Waals surface area contributed by atoms with Crippen LogP contribution in [-0.4, -0.2) is 19.8 Å². The van der Waals surface area contributed by atoms with E-state index in [-0.39, 0.29) is 6.20 Å². The molecule has 4 nitrogen and oxygen atoms in total. The highest BCUT2D eigenvalue weighted by Gasteiger charge is 2.42. The quantitative estimate of drug-likeness (QED) is 0.458. The van der Waals surface area contributed by atoms with Crippen LogP contribution in [0.4, 0.5) is 26.3 Å². The van der Waals surface area contributed by atoms with Crippen LogP contribution in [-0.2, 0) is 21.1 Å². The number of hydrogen-bond donors (Lipinski definition) is 0. The van der Waals surface area contributed by atoms with E-state index in [9.17, 15) is 34.8 Å². The van der Waals surface area contributed by atoms with E-state index in [1.807, 2.05) is 0 Å². The zero-order chi connectivity index (χ0) is 16.6. The SMILES string of the molecule is O=S(=O)(Cl)c1ncc(C(F)(F)F)c(OC(F)(F)F)c1CCl. The molecule has 0 radical (unpaired) electrons. The monoisotopic (exact) mass is 377 g/mol. The predicted molar refractivity (Wildman–Crippen MR) is 58.5 cm³/mol. The molecule has 0 bridgehead atoms. The Balaban J connectivity index is 3.73. The van der Waals surface area contributed by atoms with Gasteiger partial charge in [0.2, 0.25) is 0 Å². The molecule has 0 aliphatic carbocycles. The average Bonchev–Trinajstić information content (AvgIpc) is 2.23. The normalized spacial score (nSPS) is 13.3. The molecule has 1 aromatic heterocycles. The van der Waals surface area contributed by atoms with Crippen LogP contribution >= 0.6 is 22.3 Å². The van der Waals surface area contributed by atoms with E-state index < -0.39 is 49.4 Å². The van der Waals surface area contributed by atoms with Gasteiger partial charge in [0.15, 0.2) is 10.8 Å². The highest BCUT2D eigenvalue weighted by atomic mass is 35.7. The van der Waals surface area contributed by atoms with Crippen molar-refractivity contribution in [3.63, 3.8) is 0 Å². The molecule has 13 heteroatoms. The van der Waals surface area contributed by atoms with E-state index in [0.29, 0.717) is 0 Å². The molecule has 1 rings (SSSR count). The van der Waals surface area contributed by atoms with Gasteiger partial charge in [-0.25, -0.2) is 13.4 Å². The zero-order valence-electron chi connectivity index (χ0n) is 9.39. The molecule has 0 atom stereocenters. The predicted octanol–water partition coefficient (Wildman–Crippen LogP) is 3.67. The van der Waals surface area contributed by atoms with Crippen molar-refractivity contribution >= 4 is 31.3 Å². The first-order chi connectivity index (χ1) is 9.27. The summed E-state index contributed by atoms with van der Waals surface area (Å²) in [6, 6.07) is 0. The summed E-state index contributed by atoms with van der Waals surface area (Å²) in [6.07, 6.45) is -10.9. The lowest BCUT2D eigenvalue weighted by Gasteiger charge is -2.18. The van der Waals surface area contributed by atoms with Gasteiger partial charge in [-0.1, -0.05) is 0 Å². The average molecular weight is 378 g/mol. The Morgan fingerprint density at radius 1 is 1.19 bits per heavy atom. The summed E-state index contributed by atoms with van der Waals surface area (Å²) < 4.78 is 100. The van der Waals surface area contributed by atoms with Gasteiger partial charge in [0.05, 0.1) is 5.88 Å². The number of rotatable bonds is 3. The van der Waals surface area contributed by atoms with Gasteiger partial charge in [-0.3, -0.25) is 0 Å². The molecule has 0 spiro atoms. The van der Waals surface area contributed by atoms with Crippen molar-refractivity contribution in [1.29, 1.82) is 0 Å². The number of pyridine rings is 1. The van der Waals surface area contributed by atoms with Crippen molar-refractivity contribution in [2.75, 3.05) is 0 Å². The molecule has 0 N–H and O–H groups in total. The summed E-state index contributed by atoms with van der Waals surface area (Å²) in [5.74, 6) is -2.86. The lowest BCUT2D eigenvalue weighted by atomic mass is 10.2. The van der Waals surface area contributed by atoms with Crippen LogP contribution in [0.15, 0.2) is 11.2 Å². The number of hydrogen-bond acceptors (Lipinski definition) is 4. The molecule has 120 valence electrons. The van der Waals surface area contributed by atoms with Crippen molar-refractivity contribution in [3.8, 4) is 5.75 Å². The fourth-order valence-electron chi connectivity index (χ4n) is 1.28. The maximum Gasteiger partial charge on any atom is 0.573 e. The van der Waals surface area contributed by atoms with E-state index in [2.05, 4.69) is 9.72 Å². The highest BCUT2D eigenvalue weighted by Crippen LogP contribution is 2.42. The Kier molecular flexibility index (Phi) is 4.91. The standard InChI is InChI=1S/C8H3Cl2F6NO3S/c9-1-3-5(20-8(14,15)16)4(7(11,12)13)2-17-6(3)21(10,18)19/h2H,1H2. The first kappa shape index (κ1) is 18.1. The van der Waals surface area contributed by atoms with E-state index in [0.717, 1.165) is 0 Å². The highest BCUT2D eigenvalue weighted by molar-refractivity contribution is 8.13. The van der Waals surface area contributed by atoms with Crippen molar-refractivity contribution in [1.82, 2.24) is 4.98 Å². The van der Waals surface area contributed by atoms with Gasteiger partial charge >= 0.3 is 12.5 Å². The van der Waals surface area contributed by atoms with Gasteiger partial charge in [0.1, 0.15) is 5.56 Å². The smallest absolute Gasteiger partial charge is 0.405 e. The minimum atomic E-state index is -5.50. The second-order valence-corrected chi connectivity index (χ2v) is 6.15. The van der Waals surface area contributed by atoms with Gasteiger partial charge in [-0.15, -0.1) is 24.8 Å². The molecule has 0 aliphatic rings. The lowest BCUT2D eigenvalue weighted by molar-refractivity contribution is -0.276. The molecule has 1 aromatic rings. The first-order valence-electron chi connectivity index (χ1n) is 4.63. The van der Waals surface area contributed by atoms with Crippen molar-refractivity contribution in [3.05, 3.63) is 17.3 Å². The van der Waals surface area contributed by atoms with Crippen molar-refractivity contribution in [2.45, 2.75) is 23.4 Å². The molecule has 0 aromatic carbocycles. The third-order valence-electron chi connectivity index (χ3n) is 1.98. The Hall–Kier alpha value is -0.940. The molecular formula is C8H3Cl2F6NO3S. The van der Waals surface area contributed by atoms with Gasteiger partial charge in [-0.05, 0) is 0 Å². The van der Waals surface area contributed by atoms with E-state index in [1.54, 1.807) is 0 Å². The molecule has 0 aliphatic heterocycles. The van der Waals surface area contributed by atoms with Crippen LogP contribution in [0.25, 0.3) is 0 Å². The lowest BCUT2D eigenvalue weighted by Crippen LogP contribution is -2.22. The van der Waals surface area contributed by atoms with E-state index >= 15 is 0 Å². The summed E-state index contributed by atoms with van der Waals surface area (Å²) in [5.41, 5.74) is -3.07. The van der Waals surface area contributed by atoms with Crippen LogP contribution < -0.4 is 4.74 Å². The Bertz CT molecular complexity index is 643. The summed E-state index contributed by atoms with van der Waals surface area (Å²) in [5, 5.41) is -1.24. The summed E-state index contributed by atoms with van der Waals surface area (Å²) in [4.78, 5) is 2.91. The Morgan fingerprint density at radius 2 is 1.71 bits per heavy atom. The number of halogens is 8. The summed E-state index contributed by atoms with van der Waals surface area (Å²) in [7, 11) is 0.161. The molecular weight excluding hydrogens is 375 g/mol. The molecule has 21 heavy (non-hydrogen) atoms. The van der Waals surface area contributed by atoms with Crippen molar-refractivity contribution in [2.24, 2.45) is 0 Å². The molecule has 0 saturated heterocycles. The van der Waals surface area contributed by atoms with Gasteiger partial charge < -0.3 is 4.74 Å². The molecule has 0 fully saturated rings. The fraction of sp³-hybridized carbons (Fsp3) is 0.375. The van der Waals surface area contributed by atoms with E-state index in [1.165, 1.54) is 0 Å². The topological polar surface area (TPSA) is 56.3 Å². The Labute approximate surface area is 123 Å². The minimum absolute atomic E-state index is 0.133. The number of alkyl halides is 7. The summed E-state index contributed by atoms with van der Waals surface area (Å²) >= 11 is 5.22. The summed E-state index contributed by atoms with van der Waals surface area (Å²) in [6.45, 7) is 0. The Morgan fingerprint density at radius 3 is 2.05 bits per heavy atom. The molecule has 0 amide bonds. The van der Waals surface area contributed by atoms with Gasteiger partial charge in [0.25, 0.3) is 9.05 Å². The van der Waals surface area contributed by atoms with Crippen LogP contribution in [0.3, 0.4) is 0 Å². The second kappa shape index (κ2) is 5.69.